The van der Waals surface area contributed by atoms with Crippen molar-refractivity contribution < 1.29 is 4.79 Å². The molecule has 0 aliphatic carbocycles. The summed E-state index contributed by atoms with van der Waals surface area (Å²) in [5.41, 5.74) is 3.05. The van der Waals surface area contributed by atoms with Crippen LogP contribution in [0.4, 0.5) is 5.69 Å². The predicted octanol–water partition coefficient (Wildman–Crippen LogP) is 3.28. The van der Waals surface area contributed by atoms with Crippen molar-refractivity contribution in [3.05, 3.63) is 22.7 Å². The number of aromatic nitrogens is 1. The molecule has 0 radical (unpaired) electrons. The zero-order chi connectivity index (χ0) is 10.8. The molecule has 0 unspecified atom stereocenters. The van der Waals surface area contributed by atoms with Gasteiger partial charge in [0.1, 0.15) is 5.52 Å². The highest BCUT2D eigenvalue weighted by Crippen LogP contribution is 2.32. The molecule has 1 heterocycles. The lowest BCUT2D eigenvalue weighted by molar-refractivity contribution is -0.113. The third kappa shape index (κ3) is 2.14. The van der Waals surface area contributed by atoms with Gasteiger partial charge in [0, 0.05) is 0 Å². The lowest BCUT2D eigenvalue weighted by atomic mass is 10.3. The second kappa shape index (κ2) is 4.47. The molecule has 1 aromatic heterocycles. The van der Waals surface area contributed by atoms with Crippen molar-refractivity contribution in [2.45, 2.75) is 0 Å². The molecule has 15 heavy (non-hydrogen) atoms. The quantitative estimate of drug-likeness (QED) is 0.865. The van der Waals surface area contributed by atoms with Gasteiger partial charge in [-0.2, -0.15) is 0 Å². The number of anilines is 1. The fourth-order valence-corrected chi connectivity index (χ4v) is 2.22. The average Bonchev–Trinajstić information content (AvgIpc) is 2.70. The number of rotatable bonds is 2. The van der Waals surface area contributed by atoms with Crippen molar-refractivity contribution >= 4 is 60.7 Å². The third-order valence-corrected chi connectivity index (χ3v) is 3.46. The lowest BCUT2D eigenvalue weighted by Crippen LogP contribution is -2.12. The van der Waals surface area contributed by atoms with Gasteiger partial charge in [-0.3, -0.25) is 4.79 Å². The van der Waals surface area contributed by atoms with Gasteiger partial charge in [-0.1, -0.05) is 27.5 Å². The minimum atomic E-state index is -0.141. The van der Waals surface area contributed by atoms with E-state index in [0.717, 1.165) is 10.2 Å². The van der Waals surface area contributed by atoms with Crippen molar-refractivity contribution in [3.8, 4) is 0 Å². The summed E-state index contributed by atoms with van der Waals surface area (Å²) in [5, 5.41) is 3.46. The monoisotopic (exact) mass is 304 g/mol. The smallest absolute Gasteiger partial charge is 0.235 e. The molecule has 0 atom stereocenters. The van der Waals surface area contributed by atoms with Crippen molar-refractivity contribution in [1.82, 2.24) is 4.98 Å². The molecule has 0 saturated carbocycles. The molecule has 1 N–H and O–H groups in total. The molecular formula is C9H6BrClN2OS. The number of thiazole rings is 1. The van der Waals surface area contributed by atoms with Crippen LogP contribution in [0.2, 0.25) is 5.02 Å². The maximum absolute atomic E-state index is 11.3. The fourth-order valence-electron chi connectivity index (χ4n) is 1.20. The Morgan fingerprint density at radius 1 is 1.60 bits per heavy atom. The van der Waals surface area contributed by atoms with Crippen LogP contribution in [-0.4, -0.2) is 16.2 Å². The summed E-state index contributed by atoms with van der Waals surface area (Å²) in [5.74, 6) is -0.141. The molecule has 0 aliphatic rings. The van der Waals surface area contributed by atoms with Crippen molar-refractivity contribution in [1.29, 1.82) is 0 Å². The number of carbonyl (C=O) groups is 1. The largest absolute Gasteiger partial charge is 0.322 e. The minimum Gasteiger partial charge on any atom is -0.322 e. The molecule has 0 saturated heterocycles. The first-order valence-electron chi connectivity index (χ1n) is 4.10. The Balaban J connectivity index is 2.51. The molecule has 1 amide bonds. The third-order valence-electron chi connectivity index (χ3n) is 1.84. The summed E-state index contributed by atoms with van der Waals surface area (Å²) in [6.07, 6.45) is 0. The highest BCUT2D eigenvalue weighted by molar-refractivity contribution is 9.09. The van der Waals surface area contributed by atoms with Crippen molar-refractivity contribution in [2.24, 2.45) is 0 Å². The number of amides is 1. The lowest BCUT2D eigenvalue weighted by Gasteiger charge is -2.05. The Kier molecular flexibility index (Phi) is 3.23. The SMILES string of the molecule is O=C(CBr)Nc1c(Cl)ccc2scnc12. The standard InChI is InChI=1S/C9H6BrClN2OS/c10-3-7(14)13-8-5(11)1-2-6-9(8)12-4-15-6/h1-2,4H,3H2,(H,13,14). The van der Waals surface area contributed by atoms with E-state index in [2.05, 4.69) is 26.2 Å². The first-order valence-corrected chi connectivity index (χ1v) is 6.48. The van der Waals surface area contributed by atoms with Gasteiger partial charge in [-0.25, -0.2) is 4.98 Å². The second-order valence-corrected chi connectivity index (χ2v) is 4.66. The van der Waals surface area contributed by atoms with Crippen LogP contribution in [0.25, 0.3) is 10.2 Å². The number of halogens is 2. The number of alkyl halides is 1. The van der Waals surface area contributed by atoms with Crippen LogP contribution in [0.1, 0.15) is 0 Å². The summed E-state index contributed by atoms with van der Waals surface area (Å²) in [6, 6.07) is 3.64. The summed E-state index contributed by atoms with van der Waals surface area (Å²) < 4.78 is 1.00. The topological polar surface area (TPSA) is 42.0 Å². The normalized spacial score (nSPS) is 10.5. The van der Waals surface area contributed by atoms with Gasteiger partial charge in [-0.15, -0.1) is 11.3 Å². The van der Waals surface area contributed by atoms with Crippen LogP contribution in [0.3, 0.4) is 0 Å². The van der Waals surface area contributed by atoms with E-state index in [4.69, 9.17) is 11.6 Å². The van der Waals surface area contributed by atoms with Crippen LogP contribution in [0.5, 0.6) is 0 Å². The fraction of sp³-hybridized carbons (Fsp3) is 0.111. The van der Waals surface area contributed by atoms with Crippen LogP contribution < -0.4 is 5.32 Å². The van der Waals surface area contributed by atoms with Crippen LogP contribution in [0, 0.1) is 0 Å². The molecule has 3 nitrogen and oxygen atoms in total. The van der Waals surface area contributed by atoms with Gasteiger partial charge in [0.25, 0.3) is 0 Å². The van der Waals surface area contributed by atoms with Crippen LogP contribution in [0.15, 0.2) is 17.6 Å². The van der Waals surface area contributed by atoms with Crippen molar-refractivity contribution in [2.75, 3.05) is 10.6 Å². The maximum Gasteiger partial charge on any atom is 0.235 e. The van der Waals surface area contributed by atoms with E-state index in [1.54, 1.807) is 11.6 Å². The van der Waals surface area contributed by atoms with Gasteiger partial charge >= 0.3 is 0 Å². The van der Waals surface area contributed by atoms with E-state index >= 15 is 0 Å². The molecule has 0 aliphatic heterocycles. The van der Waals surface area contributed by atoms with E-state index in [1.807, 2.05) is 6.07 Å². The van der Waals surface area contributed by atoms with E-state index in [0.29, 0.717) is 10.7 Å². The van der Waals surface area contributed by atoms with Crippen molar-refractivity contribution in [3.63, 3.8) is 0 Å². The molecule has 0 spiro atoms. The Labute approximate surface area is 104 Å². The highest BCUT2D eigenvalue weighted by atomic mass is 79.9. The van der Waals surface area contributed by atoms with Gasteiger partial charge in [0.15, 0.2) is 0 Å². The number of fused-ring (bicyclic) bond motifs is 1. The number of nitrogens with one attached hydrogen (secondary N) is 1. The van der Waals surface area contributed by atoms with E-state index in [1.165, 1.54) is 11.3 Å². The van der Waals surface area contributed by atoms with Gasteiger partial charge in [0.2, 0.25) is 5.91 Å². The predicted molar refractivity (Wildman–Crippen MR) is 67.1 cm³/mol. The molecule has 6 heteroatoms. The molecule has 2 rings (SSSR count). The summed E-state index contributed by atoms with van der Waals surface area (Å²) in [6.45, 7) is 0. The van der Waals surface area contributed by atoms with Gasteiger partial charge in [-0.05, 0) is 12.1 Å². The zero-order valence-electron chi connectivity index (χ0n) is 7.46. The highest BCUT2D eigenvalue weighted by Gasteiger charge is 2.10. The number of nitrogens with zero attached hydrogens (tertiary/aromatic N) is 1. The minimum absolute atomic E-state index is 0.141. The molecule has 0 fully saturated rings. The summed E-state index contributed by atoms with van der Waals surface area (Å²) >= 11 is 10.6. The van der Waals surface area contributed by atoms with E-state index < -0.39 is 0 Å². The number of carbonyl (C=O) groups excluding carboxylic acids is 1. The number of benzene rings is 1. The molecule has 1 aromatic carbocycles. The molecule has 78 valence electrons. The Hall–Kier alpha value is -0.650. The first kappa shape index (κ1) is 10.9. The maximum atomic E-state index is 11.3. The van der Waals surface area contributed by atoms with Gasteiger partial charge in [0.05, 0.1) is 26.3 Å². The molecule has 2 aromatic rings. The number of hydrogen-bond acceptors (Lipinski definition) is 3. The molecule has 0 bridgehead atoms. The number of hydrogen-bond donors (Lipinski definition) is 1. The van der Waals surface area contributed by atoms with Crippen LogP contribution in [-0.2, 0) is 4.79 Å². The Bertz CT molecular complexity index is 514. The second-order valence-electron chi connectivity index (χ2n) is 2.80. The summed E-state index contributed by atoms with van der Waals surface area (Å²) in [7, 11) is 0. The zero-order valence-corrected chi connectivity index (χ0v) is 10.6. The summed E-state index contributed by atoms with van der Waals surface area (Å²) in [4.78, 5) is 15.4. The first-order chi connectivity index (χ1) is 7.22. The van der Waals surface area contributed by atoms with Gasteiger partial charge < -0.3 is 5.32 Å². The van der Waals surface area contributed by atoms with Crippen LogP contribution >= 0.6 is 38.9 Å². The molecular weight excluding hydrogens is 300 g/mol. The van der Waals surface area contributed by atoms with E-state index in [-0.39, 0.29) is 11.2 Å². The van der Waals surface area contributed by atoms with E-state index in [9.17, 15) is 4.79 Å². The Morgan fingerprint density at radius 2 is 2.40 bits per heavy atom. The Morgan fingerprint density at radius 3 is 3.13 bits per heavy atom. The average molecular weight is 306 g/mol.